The minimum absolute atomic E-state index is 0.393. The molecule has 0 aliphatic heterocycles. The van der Waals surface area contributed by atoms with Gasteiger partial charge in [-0.15, -0.1) is 0 Å². The van der Waals surface area contributed by atoms with Crippen molar-refractivity contribution < 1.29 is 9.90 Å². The fourth-order valence-electron chi connectivity index (χ4n) is 1.01. The van der Waals surface area contributed by atoms with Gasteiger partial charge in [0.2, 0.25) is 0 Å². The molecule has 0 aliphatic rings. The van der Waals surface area contributed by atoms with Crippen LogP contribution in [0, 0.1) is 3.57 Å². The second-order valence-electron chi connectivity index (χ2n) is 2.99. The fraction of sp³-hybridized carbons (Fsp3) is 0.182. The Balaban J connectivity index is 2.76. The summed E-state index contributed by atoms with van der Waals surface area (Å²) in [5.74, 6) is -0.851. The molecule has 0 aliphatic carbocycles. The predicted molar refractivity (Wildman–Crippen MR) is 64.3 cm³/mol. The minimum atomic E-state index is -0.851. The van der Waals surface area contributed by atoms with E-state index in [2.05, 4.69) is 22.6 Å². The van der Waals surface area contributed by atoms with E-state index in [1.807, 2.05) is 24.3 Å². The quantitative estimate of drug-likeness (QED) is 0.688. The summed E-state index contributed by atoms with van der Waals surface area (Å²) in [6.45, 7) is 1.61. The molecule has 14 heavy (non-hydrogen) atoms. The lowest BCUT2D eigenvalue weighted by Gasteiger charge is -2.00. The molecule has 1 N–H and O–H groups in total. The van der Waals surface area contributed by atoms with Gasteiger partial charge in [-0.25, -0.2) is 4.79 Å². The number of halogens is 1. The van der Waals surface area contributed by atoms with Crippen LogP contribution in [0.4, 0.5) is 0 Å². The normalized spacial score (nSPS) is 11.4. The van der Waals surface area contributed by atoms with E-state index in [0.29, 0.717) is 12.0 Å². The molecule has 3 heteroatoms. The molecule has 0 aromatic heterocycles. The van der Waals surface area contributed by atoms with Crippen LogP contribution in [0.3, 0.4) is 0 Å². The molecule has 0 fully saturated rings. The van der Waals surface area contributed by atoms with Crippen molar-refractivity contribution in [1.29, 1.82) is 0 Å². The Hall–Kier alpha value is -0.840. The first-order chi connectivity index (χ1) is 6.61. The number of hydrogen-bond donors (Lipinski definition) is 1. The van der Waals surface area contributed by atoms with Gasteiger partial charge in [0.25, 0.3) is 0 Å². The zero-order valence-corrected chi connectivity index (χ0v) is 9.98. The number of rotatable bonds is 3. The van der Waals surface area contributed by atoms with Gasteiger partial charge in [0.1, 0.15) is 0 Å². The zero-order chi connectivity index (χ0) is 10.6. The highest BCUT2D eigenvalue weighted by Crippen LogP contribution is 2.13. The first kappa shape index (κ1) is 11.2. The molecule has 0 spiro atoms. The fourth-order valence-corrected chi connectivity index (χ4v) is 1.62. The van der Waals surface area contributed by atoms with Gasteiger partial charge in [-0.1, -0.05) is 24.3 Å². The summed E-state index contributed by atoms with van der Waals surface area (Å²) in [6.07, 6.45) is 2.41. The van der Waals surface area contributed by atoms with E-state index in [-0.39, 0.29) is 0 Å². The average Bonchev–Trinajstić information content (AvgIpc) is 2.16. The van der Waals surface area contributed by atoms with Crippen molar-refractivity contribution in [2.75, 3.05) is 0 Å². The van der Waals surface area contributed by atoms with E-state index in [4.69, 9.17) is 5.11 Å². The zero-order valence-electron chi connectivity index (χ0n) is 7.83. The molecule has 0 radical (unpaired) electrons. The highest BCUT2D eigenvalue weighted by atomic mass is 127. The second-order valence-corrected chi connectivity index (χ2v) is 4.15. The van der Waals surface area contributed by atoms with Crippen molar-refractivity contribution in [3.05, 3.63) is 45.0 Å². The molecule has 0 amide bonds. The molecule has 2 nitrogen and oxygen atoms in total. The van der Waals surface area contributed by atoms with Gasteiger partial charge < -0.3 is 5.11 Å². The first-order valence-corrected chi connectivity index (χ1v) is 5.32. The SMILES string of the molecule is CC(=CCc1ccccc1I)C(=O)O. The molecular formula is C11H11IO2. The van der Waals surface area contributed by atoms with E-state index in [1.54, 1.807) is 13.0 Å². The Bertz CT molecular complexity index is 369. The molecule has 0 heterocycles. The number of allylic oxidation sites excluding steroid dienone is 1. The highest BCUT2D eigenvalue weighted by molar-refractivity contribution is 14.1. The van der Waals surface area contributed by atoms with Crippen LogP contribution in [0.5, 0.6) is 0 Å². The maximum Gasteiger partial charge on any atom is 0.330 e. The Morgan fingerprint density at radius 3 is 2.71 bits per heavy atom. The molecule has 1 rings (SSSR count). The van der Waals surface area contributed by atoms with Gasteiger partial charge in [0.05, 0.1) is 0 Å². The summed E-state index contributed by atoms with van der Waals surface area (Å²) in [5.41, 5.74) is 1.55. The topological polar surface area (TPSA) is 37.3 Å². The monoisotopic (exact) mass is 302 g/mol. The van der Waals surface area contributed by atoms with Gasteiger partial charge >= 0.3 is 5.97 Å². The van der Waals surface area contributed by atoms with Crippen molar-refractivity contribution in [2.45, 2.75) is 13.3 Å². The molecular weight excluding hydrogens is 291 g/mol. The largest absolute Gasteiger partial charge is 0.478 e. The molecule has 0 saturated carbocycles. The third kappa shape index (κ3) is 3.14. The van der Waals surface area contributed by atoms with Gasteiger partial charge in [0.15, 0.2) is 0 Å². The van der Waals surface area contributed by atoms with E-state index in [9.17, 15) is 4.79 Å². The third-order valence-electron chi connectivity index (χ3n) is 1.92. The van der Waals surface area contributed by atoms with E-state index in [1.165, 1.54) is 3.57 Å². The molecule has 0 saturated heterocycles. The summed E-state index contributed by atoms with van der Waals surface area (Å²) in [6, 6.07) is 7.95. The van der Waals surface area contributed by atoms with Gasteiger partial charge in [-0.05, 0) is 47.6 Å². The summed E-state index contributed by atoms with van der Waals surface area (Å²) in [5, 5.41) is 8.66. The number of aliphatic carboxylic acids is 1. The molecule has 1 aromatic carbocycles. The Kier molecular flexibility index (Phi) is 4.13. The van der Waals surface area contributed by atoms with Crippen molar-refractivity contribution >= 4 is 28.6 Å². The maximum absolute atomic E-state index is 10.5. The minimum Gasteiger partial charge on any atom is -0.478 e. The van der Waals surface area contributed by atoms with Crippen LogP contribution >= 0.6 is 22.6 Å². The second kappa shape index (κ2) is 5.14. The Labute approximate surface area is 96.8 Å². The molecule has 74 valence electrons. The summed E-state index contributed by atoms with van der Waals surface area (Å²) in [7, 11) is 0. The number of hydrogen-bond acceptors (Lipinski definition) is 1. The van der Waals surface area contributed by atoms with Crippen molar-refractivity contribution in [1.82, 2.24) is 0 Å². The summed E-state index contributed by atoms with van der Waals surface area (Å²) < 4.78 is 1.17. The van der Waals surface area contributed by atoms with Crippen LogP contribution in [0.1, 0.15) is 12.5 Å². The Morgan fingerprint density at radius 1 is 1.50 bits per heavy atom. The number of carboxylic acid groups (broad SMARTS) is 1. The van der Waals surface area contributed by atoms with Crippen LogP contribution in [-0.2, 0) is 11.2 Å². The van der Waals surface area contributed by atoms with Crippen LogP contribution in [0.25, 0.3) is 0 Å². The van der Waals surface area contributed by atoms with Gasteiger partial charge in [0, 0.05) is 9.14 Å². The van der Waals surface area contributed by atoms with Crippen molar-refractivity contribution in [3.63, 3.8) is 0 Å². The van der Waals surface area contributed by atoms with E-state index in [0.717, 1.165) is 5.56 Å². The molecule has 0 bridgehead atoms. The van der Waals surface area contributed by atoms with Crippen LogP contribution in [0.15, 0.2) is 35.9 Å². The maximum atomic E-state index is 10.5. The summed E-state index contributed by atoms with van der Waals surface area (Å²) >= 11 is 2.25. The van der Waals surface area contributed by atoms with Crippen LogP contribution in [-0.4, -0.2) is 11.1 Å². The lowest BCUT2D eigenvalue weighted by Crippen LogP contribution is -1.97. The summed E-state index contributed by atoms with van der Waals surface area (Å²) in [4.78, 5) is 10.5. The van der Waals surface area contributed by atoms with Gasteiger partial charge in [-0.3, -0.25) is 0 Å². The average molecular weight is 302 g/mol. The highest BCUT2D eigenvalue weighted by Gasteiger charge is 2.00. The Morgan fingerprint density at radius 2 is 2.14 bits per heavy atom. The lowest BCUT2D eigenvalue weighted by molar-refractivity contribution is -0.132. The van der Waals surface area contributed by atoms with E-state index < -0.39 is 5.97 Å². The molecule has 1 aromatic rings. The number of carboxylic acids is 1. The number of carbonyl (C=O) groups is 1. The van der Waals surface area contributed by atoms with Crippen LogP contribution < -0.4 is 0 Å². The van der Waals surface area contributed by atoms with Crippen molar-refractivity contribution in [2.24, 2.45) is 0 Å². The predicted octanol–water partition coefficient (Wildman–Crippen LogP) is 2.86. The third-order valence-corrected chi connectivity index (χ3v) is 2.98. The molecule has 0 unspecified atom stereocenters. The van der Waals surface area contributed by atoms with Gasteiger partial charge in [-0.2, -0.15) is 0 Å². The van der Waals surface area contributed by atoms with Crippen molar-refractivity contribution in [3.8, 4) is 0 Å². The lowest BCUT2D eigenvalue weighted by atomic mass is 10.1. The first-order valence-electron chi connectivity index (χ1n) is 4.24. The van der Waals surface area contributed by atoms with E-state index >= 15 is 0 Å². The molecule has 0 atom stereocenters. The standard InChI is InChI=1S/C11H11IO2/c1-8(11(13)14)6-7-9-4-2-3-5-10(9)12/h2-6H,7H2,1H3,(H,13,14). The number of benzene rings is 1. The smallest absolute Gasteiger partial charge is 0.330 e. The van der Waals surface area contributed by atoms with Crippen LogP contribution in [0.2, 0.25) is 0 Å².